The van der Waals surface area contributed by atoms with E-state index in [0.717, 1.165) is 12.2 Å². The summed E-state index contributed by atoms with van der Waals surface area (Å²) in [6.45, 7) is 4.36. The molecule has 0 aliphatic carbocycles. The van der Waals surface area contributed by atoms with Gasteiger partial charge in [0.05, 0.1) is 7.11 Å². The van der Waals surface area contributed by atoms with Crippen molar-refractivity contribution in [1.82, 2.24) is 0 Å². The Morgan fingerprint density at radius 1 is 1.10 bits per heavy atom. The number of benzene rings is 2. The second kappa shape index (κ2) is 7.68. The van der Waals surface area contributed by atoms with Gasteiger partial charge in [0, 0.05) is 0 Å². The van der Waals surface area contributed by atoms with Gasteiger partial charge in [0.15, 0.2) is 0 Å². The Morgan fingerprint density at radius 3 is 2.52 bits per heavy atom. The molecule has 0 N–H and O–H groups in total. The van der Waals surface area contributed by atoms with Crippen LogP contribution in [0.15, 0.2) is 48.5 Å². The third kappa shape index (κ3) is 4.49. The van der Waals surface area contributed by atoms with Crippen LogP contribution in [0.4, 0.5) is 0 Å². The third-order valence-electron chi connectivity index (χ3n) is 3.66. The van der Waals surface area contributed by atoms with E-state index in [1.165, 1.54) is 35.1 Å². The third-order valence-corrected chi connectivity index (χ3v) is 3.66. The van der Waals surface area contributed by atoms with Crippen LogP contribution in [0.1, 0.15) is 42.9 Å². The molecule has 110 valence electrons. The Kier molecular flexibility index (Phi) is 5.62. The summed E-state index contributed by atoms with van der Waals surface area (Å²) in [5, 5.41) is 0. The molecule has 0 atom stereocenters. The molecule has 2 aromatic carbocycles. The van der Waals surface area contributed by atoms with Crippen LogP contribution >= 0.6 is 0 Å². The van der Waals surface area contributed by atoms with E-state index in [4.69, 9.17) is 4.74 Å². The van der Waals surface area contributed by atoms with Crippen molar-refractivity contribution in [3.05, 3.63) is 65.2 Å². The average molecular weight is 280 g/mol. The molecule has 0 aromatic heterocycles. The maximum Gasteiger partial charge on any atom is 0.119 e. The Hall–Kier alpha value is -2.02. The number of hydrogen-bond acceptors (Lipinski definition) is 1. The fourth-order valence-electron chi connectivity index (χ4n) is 2.37. The van der Waals surface area contributed by atoms with Crippen LogP contribution in [0.5, 0.6) is 5.75 Å². The molecule has 0 spiro atoms. The molecule has 0 aliphatic rings. The van der Waals surface area contributed by atoms with Gasteiger partial charge in [-0.1, -0.05) is 61.4 Å². The minimum Gasteiger partial charge on any atom is -0.497 e. The number of allylic oxidation sites excluding steroid dienone is 1. The van der Waals surface area contributed by atoms with Gasteiger partial charge in [-0.05, 0) is 48.6 Å². The van der Waals surface area contributed by atoms with E-state index in [1.807, 2.05) is 12.1 Å². The largest absolute Gasteiger partial charge is 0.497 e. The molecule has 0 aliphatic heterocycles. The SMILES string of the molecule is CCCC/C(=C\c1cccc(OC)c1)c1ccc(C)cc1. The molecule has 0 fully saturated rings. The van der Waals surface area contributed by atoms with Crippen LogP contribution < -0.4 is 4.74 Å². The molecule has 2 aromatic rings. The van der Waals surface area contributed by atoms with Gasteiger partial charge in [-0.15, -0.1) is 0 Å². The van der Waals surface area contributed by atoms with Gasteiger partial charge in [0.2, 0.25) is 0 Å². The van der Waals surface area contributed by atoms with E-state index < -0.39 is 0 Å². The standard InChI is InChI=1S/C20H24O/c1-4-5-8-19(18-12-10-16(2)11-13-18)14-17-7-6-9-20(15-17)21-3/h6-7,9-15H,4-5,8H2,1-3H3/b19-14+. The maximum atomic E-state index is 5.31. The summed E-state index contributed by atoms with van der Waals surface area (Å²) in [6, 6.07) is 17.0. The van der Waals surface area contributed by atoms with Crippen LogP contribution in [0.25, 0.3) is 11.6 Å². The lowest BCUT2D eigenvalue weighted by atomic mass is 9.97. The first-order valence-corrected chi connectivity index (χ1v) is 7.64. The molecule has 1 nitrogen and oxygen atoms in total. The molecule has 0 saturated heterocycles. The predicted molar refractivity (Wildman–Crippen MR) is 91.6 cm³/mol. The first-order chi connectivity index (χ1) is 10.2. The van der Waals surface area contributed by atoms with Gasteiger partial charge in [0.1, 0.15) is 5.75 Å². The Balaban J connectivity index is 2.33. The zero-order valence-corrected chi connectivity index (χ0v) is 13.2. The molecule has 1 heteroatoms. The molecule has 0 unspecified atom stereocenters. The highest BCUT2D eigenvalue weighted by molar-refractivity contribution is 5.81. The van der Waals surface area contributed by atoms with Crippen molar-refractivity contribution < 1.29 is 4.74 Å². The first-order valence-electron chi connectivity index (χ1n) is 7.64. The van der Waals surface area contributed by atoms with Gasteiger partial charge < -0.3 is 4.74 Å². The van der Waals surface area contributed by atoms with E-state index in [1.54, 1.807) is 7.11 Å². The van der Waals surface area contributed by atoms with Crippen molar-refractivity contribution in [3.63, 3.8) is 0 Å². The summed E-state index contributed by atoms with van der Waals surface area (Å²) in [4.78, 5) is 0. The number of aryl methyl sites for hydroxylation is 1. The van der Waals surface area contributed by atoms with E-state index in [-0.39, 0.29) is 0 Å². The van der Waals surface area contributed by atoms with Gasteiger partial charge in [-0.2, -0.15) is 0 Å². The molecule has 2 rings (SSSR count). The topological polar surface area (TPSA) is 9.23 Å². The summed E-state index contributed by atoms with van der Waals surface area (Å²) in [7, 11) is 1.71. The highest BCUT2D eigenvalue weighted by Gasteiger charge is 2.03. The second-order valence-corrected chi connectivity index (χ2v) is 5.42. The number of unbranched alkanes of at least 4 members (excludes halogenated alkanes) is 1. The predicted octanol–water partition coefficient (Wildman–Crippen LogP) is 5.73. The van der Waals surface area contributed by atoms with Crippen LogP contribution in [-0.2, 0) is 0 Å². The van der Waals surface area contributed by atoms with Crippen molar-refractivity contribution in [1.29, 1.82) is 0 Å². The lowest BCUT2D eigenvalue weighted by molar-refractivity contribution is 0.414. The molecular weight excluding hydrogens is 256 g/mol. The number of ether oxygens (including phenoxy) is 1. The highest BCUT2D eigenvalue weighted by Crippen LogP contribution is 2.25. The zero-order chi connectivity index (χ0) is 15.1. The number of hydrogen-bond donors (Lipinski definition) is 0. The van der Waals surface area contributed by atoms with Gasteiger partial charge >= 0.3 is 0 Å². The summed E-state index contributed by atoms with van der Waals surface area (Å²) in [6.07, 6.45) is 5.81. The molecular formula is C20H24O. The highest BCUT2D eigenvalue weighted by atomic mass is 16.5. The molecule has 0 amide bonds. The summed E-state index contributed by atoms with van der Waals surface area (Å²) in [5.41, 5.74) is 5.21. The molecule has 0 radical (unpaired) electrons. The molecule has 0 bridgehead atoms. The Morgan fingerprint density at radius 2 is 1.86 bits per heavy atom. The Bertz CT molecular complexity index is 593. The van der Waals surface area contributed by atoms with Crippen LogP contribution in [0, 0.1) is 6.92 Å². The Labute approximate surface area is 128 Å². The quantitative estimate of drug-likeness (QED) is 0.613. The minimum absolute atomic E-state index is 0.905. The number of rotatable bonds is 6. The lowest BCUT2D eigenvalue weighted by Crippen LogP contribution is -1.88. The van der Waals surface area contributed by atoms with Crippen LogP contribution in [-0.4, -0.2) is 7.11 Å². The smallest absolute Gasteiger partial charge is 0.119 e. The maximum absolute atomic E-state index is 5.31. The van der Waals surface area contributed by atoms with Crippen molar-refractivity contribution >= 4 is 11.6 Å². The van der Waals surface area contributed by atoms with E-state index in [0.29, 0.717) is 0 Å². The second-order valence-electron chi connectivity index (χ2n) is 5.42. The molecule has 0 heterocycles. The fraction of sp³-hybridized carbons (Fsp3) is 0.300. The van der Waals surface area contributed by atoms with Crippen LogP contribution in [0.3, 0.4) is 0 Å². The lowest BCUT2D eigenvalue weighted by Gasteiger charge is -2.09. The minimum atomic E-state index is 0.905. The summed E-state index contributed by atoms with van der Waals surface area (Å²) >= 11 is 0. The van der Waals surface area contributed by atoms with Crippen LogP contribution in [0.2, 0.25) is 0 Å². The van der Waals surface area contributed by atoms with Crippen molar-refractivity contribution in [2.75, 3.05) is 7.11 Å². The summed E-state index contributed by atoms with van der Waals surface area (Å²) < 4.78 is 5.31. The van der Waals surface area contributed by atoms with E-state index in [9.17, 15) is 0 Å². The first kappa shape index (κ1) is 15.4. The fourth-order valence-corrected chi connectivity index (χ4v) is 2.37. The zero-order valence-electron chi connectivity index (χ0n) is 13.2. The van der Waals surface area contributed by atoms with Crippen molar-refractivity contribution in [3.8, 4) is 5.75 Å². The van der Waals surface area contributed by atoms with E-state index >= 15 is 0 Å². The van der Waals surface area contributed by atoms with Gasteiger partial charge in [-0.3, -0.25) is 0 Å². The summed E-state index contributed by atoms with van der Waals surface area (Å²) in [5.74, 6) is 0.905. The number of methoxy groups -OCH3 is 1. The molecule has 0 saturated carbocycles. The average Bonchev–Trinajstić information content (AvgIpc) is 2.52. The monoisotopic (exact) mass is 280 g/mol. The van der Waals surface area contributed by atoms with E-state index in [2.05, 4.69) is 56.3 Å². The van der Waals surface area contributed by atoms with Crippen molar-refractivity contribution in [2.24, 2.45) is 0 Å². The normalized spacial score (nSPS) is 11.5. The molecule has 21 heavy (non-hydrogen) atoms. The van der Waals surface area contributed by atoms with Gasteiger partial charge in [0.25, 0.3) is 0 Å². The van der Waals surface area contributed by atoms with Crippen molar-refractivity contribution in [2.45, 2.75) is 33.1 Å². The van der Waals surface area contributed by atoms with Gasteiger partial charge in [-0.25, -0.2) is 0 Å².